The first-order valence-corrected chi connectivity index (χ1v) is 11.2. The molecule has 3 nitrogen and oxygen atoms in total. The predicted octanol–water partition coefficient (Wildman–Crippen LogP) is 5.10. The molecule has 27 heavy (non-hydrogen) atoms. The van der Waals surface area contributed by atoms with Crippen molar-refractivity contribution in [3.8, 4) is 5.75 Å². The van der Waals surface area contributed by atoms with E-state index in [4.69, 9.17) is 21.1 Å². The standard InChI is InChI=1S/C22H20NO2PS/c1-23-21-9-5-3-7-18(21)20(19-8-4-6-10-22(19)23)15-25-26(27)17-13-11-16(24-2)12-14-17/h3-15,26H,1-2H3. The van der Waals surface area contributed by atoms with Crippen LogP contribution in [-0.4, -0.2) is 14.2 Å². The van der Waals surface area contributed by atoms with Crippen molar-refractivity contribution < 1.29 is 9.26 Å². The minimum absolute atomic E-state index is 0.820. The minimum Gasteiger partial charge on any atom is -0.497 e. The number of methoxy groups -OCH3 is 1. The van der Waals surface area contributed by atoms with E-state index < -0.39 is 6.92 Å². The summed E-state index contributed by atoms with van der Waals surface area (Å²) in [5.41, 5.74) is 5.69. The van der Waals surface area contributed by atoms with Crippen LogP contribution in [-0.2, 0) is 16.3 Å². The summed E-state index contributed by atoms with van der Waals surface area (Å²) in [6, 6.07) is 24.5. The molecule has 0 saturated heterocycles. The van der Waals surface area contributed by atoms with E-state index in [1.807, 2.05) is 30.5 Å². The van der Waals surface area contributed by atoms with Crippen LogP contribution in [0.15, 0.2) is 79.1 Å². The average molecular weight is 393 g/mol. The average Bonchev–Trinajstić information content (AvgIpc) is 2.73. The molecule has 1 unspecified atom stereocenters. The Hall–Kier alpha value is -2.55. The molecule has 0 N–H and O–H groups in total. The van der Waals surface area contributed by atoms with Crippen LogP contribution < -0.4 is 14.9 Å². The second-order valence-electron chi connectivity index (χ2n) is 6.26. The highest BCUT2D eigenvalue weighted by atomic mass is 32.4. The Labute approximate surface area is 165 Å². The van der Waals surface area contributed by atoms with Crippen LogP contribution in [0.2, 0.25) is 0 Å². The van der Waals surface area contributed by atoms with Crippen LogP contribution in [0.5, 0.6) is 5.75 Å². The van der Waals surface area contributed by atoms with Crippen molar-refractivity contribution in [2.24, 2.45) is 0 Å². The Kier molecular flexibility index (Phi) is 5.02. The summed E-state index contributed by atoms with van der Waals surface area (Å²) in [7, 11) is 3.75. The molecule has 1 heterocycles. The van der Waals surface area contributed by atoms with Gasteiger partial charge >= 0.3 is 0 Å². The number of rotatable bonds is 4. The van der Waals surface area contributed by atoms with Crippen LogP contribution in [0.1, 0.15) is 11.1 Å². The highest BCUT2D eigenvalue weighted by Gasteiger charge is 2.23. The molecule has 5 heteroatoms. The molecular weight excluding hydrogens is 373 g/mol. The van der Waals surface area contributed by atoms with E-state index in [2.05, 4.69) is 60.5 Å². The summed E-state index contributed by atoms with van der Waals surface area (Å²) >= 11 is 5.66. The molecule has 1 atom stereocenters. The summed E-state index contributed by atoms with van der Waals surface area (Å²) < 4.78 is 11.3. The zero-order valence-electron chi connectivity index (χ0n) is 15.2. The SMILES string of the molecule is COc1ccc([PH](=S)OC=C2c3ccccc3N(C)c3ccccc32)cc1. The van der Waals surface area contributed by atoms with Crippen LogP contribution in [0.25, 0.3) is 5.57 Å². The lowest BCUT2D eigenvalue weighted by Gasteiger charge is -2.31. The van der Waals surface area contributed by atoms with Crippen molar-refractivity contribution in [1.82, 2.24) is 0 Å². The lowest BCUT2D eigenvalue weighted by Crippen LogP contribution is -2.17. The molecule has 1 aliphatic heterocycles. The molecule has 0 bridgehead atoms. The molecule has 3 aromatic rings. The van der Waals surface area contributed by atoms with Crippen LogP contribution in [0.3, 0.4) is 0 Å². The molecule has 0 spiro atoms. The van der Waals surface area contributed by atoms with Crippen molar-refractivity contribution >= 4 is 41.0 Å². The highest BCUT2D eigenvalue weighted by Crippen LogP contribution is 2.44. The van der Waals surface area contributed by atoms with Gasteiger partial charge in [-0.15, -0.1) is 0 Å². The summed E-state index contributed by atoms with van der Waals surface area (Å²) in [6.07, 6.45) is 1.84. The van der Waals surface area contributed by atoms with Gasteiger partial charge in [-0.25, -0.2) is 0 Å². The Morgan fingerprint density at radius 2 is 1.41 bits per heavy atom. The van der Waals surface area contributed by atoms with Crippen LogP contribution in [0.4, 0.5) is 11.4 Å². The third kappa shape index (κ3) is 3.39. The first-order chi connectivity index (χ1) is 13.2. The molecule has 0 amide bonds. The second-order valence-corrected chi connectivity index (χ2v) is 8.76. The normalized spacial score (nSPS) is 13.4. The van der Waals surface area contributed by atoms with Gasteiger partial charge in [0.15, 0.2) is 0 Å². The van der Waals surface area contributed by atoms with Gasteiger partial charge in [-0.1, -0.05) is 48.2 Å². The Morgan fingerprint density at radius 3 is 1.96 bits per heavy atom. The van der Waals surface area contributed by atoms with E-state index in [-0.39, 0.29) is 0 Å². The van der Waals surface area contributed by atoms with Gasteiger partial charge < -0.3 is 14.2 Å². The number of hydrogen-bond acceptors (Lipinski definition) is 4. The molecule has 3 aromatic carbocycles. The maximum Gasteiger partial charge on any atom is 0.130 e. The Morgan fingerprint density at radius 1 is 0.852 bits per heavy atom. The van der Waals surface area contributed by atoms with Crippen molar-refractivity contribution in [3.05, 3.63) is 90.2 Å². The fraction of sp³-hybridized carbons (Fsp3) is 0.0909. The van der Waals surface area contributed by atoms with Gasteiger partial charge in [-0.3, -0.25) is 0 Å². The topological polar surface area (TPSA) is 21.7 Å². The van der Waals surface area contributed by atoms with Gasteiger partial charge in [-0.05, 0) is 36.4 Å². The van der Waals surface area contributed by atoms with Crippen molar-refractivity contribution in [2.45, 2.75) is 0 Å². The Bertz CT molecular complexity index is 981. The lowest BCUT2D eigenvalue weighted by atomic mass is 9.91. The van der Waals surface area contributed by atoms with Crippen molar-refractivity contribution in [1.29, 1.82) is 0 Å². The van der Waals surface area contributed by atoms with Crippen LogP contribution in [0, 0.1) is 0 Å². The summed E-state index contributed by atoms with van der Waals surface area (Å²) in [6.45, 7) is -1.57. The van der Waals surface area contributed by atoms with Gasteiger partial charge in [0.25, 0.3) is 0 Å². The lowest BCUT2D eigenvalue weighted by molar-refractivity contribution is 0.415. The number of hydrogen-bond donors (Lipinski definition) is 0. The van der Waals surface area contributed by atoms with Gasteiger partial charge in [0, 0.05) is 40.4 Å². The van der Waals surface area contributed by atoms with E-state index >= 15 is 0 Å². The molecule has 0 aliphatic carbocycles. The van der Waals surface area contributed by atoms with Crippen molar-refractivity contribution in [3.63, 3.8) is 0 Å². The molecule has 0 fully saturated rings. The van der Waals surface area contributed by atoms with E-state index in [0.717, 1.165) is 39.1 Å². The molecule has 136 valence electrons. The van der Waals surface area contributed by atoms with Gasteiger partial charge in [0.1, 0.15) is 12.7 Å². The first kappa shape index (κ1) is 17.8. The van der Waals surface area contributed by atoms with E-state index in [1.54, 1.807) is 7.11 Å². The molecule has 0 saturated carbocycles. The summed E-state index contributed by atoms with van der Waals surface area (Å²) in [5, 5.41) is 1.03. The van der Waals surface area contributed by atoms with Gasteiger partial charge in [0.2, 0.25) is 0 Å². The molecular formula is C22H20NO2PS. The fourth-order valence-corrected chi connectivity index (χ4v) is 4.65. The first-order valence-electron chi connectivity index (χ1n) is 8.67. The zero-order chi connectivity index (χ0) is 18.8. The third-order valence-electron chi connectivity index (χ3n) is 4.72. The molecule has 0 aromatic heterocycles. The van der Waals surface area contributed by atoms with Crippen molar-refractivity contribution in [2.75, 3.05) is 19.1 Å². The maximum atomic E-state index is 6.09. The monoisotopic (exact) mass is 393 g/mol. The number of nitrogens with zero attached hydrogens (tertiary/aromatic N) is 1. The maximum absolute atomic E-state index is 6.09. The number of ether oxygens (including phenoxy) is 1. The fourth-order valence-electron chi connectivity index (χ4n) is 3.30. The summed E-state index contributed by atoms with van der Waals surface area (Å²) in [4.78, 5) is 2.21. The largest absolute Gasteiger partial charge is 0.497 e. The number of para-hydroxylation sites is 2. The molecule has 1 aliphatic rings. The number of anilines is 2. The zero-order valence-corrected chi connectivity index (χ0v) is 17.0. The number of fused-ring (bicyclic) bond motifs is 2. The summed E-state index contributed by atoms with van der Waals surface area (Å²) in [5.74, 6) is 0.820. The second kappa shape index (κ2) is 7.59. The van der Waals surface area contributed by atoms with Gasteiger partial charge in [0.05, 0.1) is 13.4 Å². The number of benzene rings is 3. The third-order valence-corrected chi connectivity index (χ3v) is 6.85. The van der Waals surface area contributed by atoms with E-state index in [1.165, 1.54) is 0 Å². The van der Waals surface area contributed by atoms with E-state index in [0.29, 0.717) is 0 Å². The van der Waals surface area contributed by atoms with Gasteiger partial charge in [-0.2, -0.15) is 0 Å². The van der Waals surface area contributed by atoms with Crippen LogP contribution >= 0.6 is 6.92 Å². The molecule has 4 rings (SSSR count). The predicted molar refractivity (Wildman–Crippen MR) is 117 cm³/mol. The van der Waals surface area contributed by atoms with E-state index in [9.17, 15) is 0 Å². The highest BCUT2D eigenvalue weighted by molar-refractivity contribution is 8.06. The Balaban J connectivity index is 1.70. The smallest absolute Gasteiger partial charge is 0.130 e. The molecule has 0 radical (unpaired) electrons. The quantitative estimate of drug-likeness (QED) is 0.454. The minimum atomic E-state index is -1.57.